The molecule has 5 heteroatoms. The molecule has 0 aromatic heterocycles. The first-order valence-corrected chi connectivity index (χ1v) is 8.34. The molecule has 0 aliphatic carbocycles. The first-order chi connectivity index (χ1) is 11.0. The molecule has 2 aromatic carbocycles. The van der Waals surface area contributed by atoms with Gasteiger partial charge in [-0.15, -0.1) is 0 Å². The fourth-order valence-corrected chi connectivity index (χ4v) is 2.52. The van der Waals surface area contributed by atoms with Gasteiger partial charge in [-0.1, -0.05) is 41.4 Å². The van der Waals surface area contributed by atoms with Gasteiger partial charge in [0.15, 0.2) is 0 Å². The third-order valence-corrected chi connectivity index (χ3v) is 3.83. The molecule has 0 aliphatic heterocycles. The van der Waals surface area contributed by atoms with Crippen LogP contribution in [-0.4, -0.2) is 24.4 Å². The summed E-state index contributed by atoms with van der Waals surface area (Å²) in [6.07, 6.45) is 0.394. The number of halogens is 2. The summed E-state index contributed by atoms with van der Waals surface area (Å²) in [4.78, 5) is 0. The van der Waals surface area contributed by atoms with E-state index >= 15 is 0 Å². The van der Waals surface area contributed by atoms with Crippen LogP contribution in [0.5, 0.6) is 5.75 Å². The molecule has 23 heavy (non-hydrogen) atoms. The summed E-state index contributed by atoms with van der Waals surface area (Å²) in [5, 5.41) is 14.0. The summed E-state index contributed by atoms with van der Waals surface area (Å²) < 4.78 is 5.50. The zero-order valence-corrected chi connectivity index (χ0v) is 14.6. The maximum absolute atomic E-state index is 9.29. The lowest BCUT2D eigenvalue weighted by atomic mass is 10.1. The molecule has 124 valence electrons. The zero-order valence-electron chi connectivity index (χ0n) is 13.1. The summed E-state index contributed by atoms with van der Waals surface area (Å²) in [6.45, 7) is 3.48. The van der Waals surface area contributed by atoms with Crippen molar-refractivity contribution in [1.82, 2.24) is 5.32 Å². The lowest BCUT2D eigenvalue weighted by Crippen LogP contribution is -2.17. The monoisotopic (exact) mass is 353 g/mol. The summed E-state index contributed by atoms with van der Waals surface area (Å²) in [6, 6.07) is 13.6. The highest BCUT2D eigenvalue weighted by molar-refractivity contribution is 6.32. The zero-order chi connectivity index (χ0) is 16.7. The van der Waals surface area contributed by atoms with Crippen molar-refractivity contribution >= 4 is 23.2 Å². The fourth-order valence-electron chi connectivity index (χ4n) is 2.14. The topological polar surface area (TPSA) is 41.5 Å². The van der Waals surface area contributed by atoms with Gasteiger partial charge in [-0.3, -0.25) is 0 Å². The number of rotatable bonds is 8. The van der Waals surface area contributed by atoms with Gasteiger partial charge < -0.3 is 15.2 Å². The molecule has 0 amide bonds. The van der Waals surface area contributed by atoms with Crippen LogP contribution in [0.2, 0.25) is 10.0 Å². The molecule has 0 heterocycles. The van der Waals surface area contributed by atoms with Gasteiger partial charge in [-0.25, -0.2) is 0 Å². The van der Waals surface area contributed by atoms with Crippen LogP contribution in [0.25, 0.3) is 0 Å². The van der Waals surface area contributed by atoms with Crippen molar-refractivity contribution in [2.45, 2.75) is 26.0 Å². The minimum absolute atomic E-state index is 0.228. The summed E-state index contributed by atoms with van der Waals surface area (Å²) in [5.41, 5.74) is 2.29. The Labute approximate surface area is 147 Å². The van der Waals surface area contributed by atoms with Crippen LogP contribution in [-0.2, 0) is 13.0 Å². The number of benzene rings is 2. The Bertz CT molecular complexity index is 632. The van der Waals surface area contributed by atoms with Crippen LogP contribution >= 0.6 is 23.2 Å². The first kappa shape index (κ1) is 18.1. The molecule has 2 rings (SSSR count). The molecule has 0 saturated carbocycles. The molecule has 2 aromatic rings. The fraction of sp³-hybridized carbons (Fsp3) is 0.333. The predicted molar refractivity (Wildman–Crippen MR) is 95.5 cm³/mol. The average molecular weight is 354 g/mol. The second-order valence-corrected chi connectivity index (χ2v) is 6.33. The van der Waals surface area contributed by atoms with E-state index in [1.54, 1.807) is 6.92 Å². The predicted octanol–water partition coefficient (Wildman–Crippen LogP) is 4.09. The van der Waals surface area contributed by atoms with E-state index in [1.165, 1.54) is 5.56 Å². The van der Waals surface area contributed by atoms with Crippen LogP contribution in [0.1, 0.15) is 18.1 Å². The summed E-state index contributed by atoms with van der Waals surface area (Å²) in [7, 11) is 0. The quantitative estimate of drug-likeness (QED) is 0.702. The van der Waals surface area contributed by atoms with Crippen molar-refractivity contribution in [2.75, 3.05) is 13.2 Å². The average Bonchev–Trinajstić information content (AvgIpc) is 2.51. The van der Waals surface area contributed by atoms with Gasteiger partial charge in [0.1, 0.15) is 12.4 Å². The van der Waals surface area contributed by atoms with E-state index in [2.05, 4.69) is 11.4 Å². The molecular weight excluding hydrogens is 333 g/mol. The van der Waals surface area contributed by atoms with E-state index in [-0.39, 0.29) is 6.61 Å². The Balaban J connectivity index is 1.82. The number of ether oxygens (including phenoxy) is 1. The minimum Gasteiger partial charge on any atom is -0.489 e. The molecule has 0 fully saturated rings. The highest BCUT2D eigenvalue weighted by Crippen LogP contribution is 2.25. The van der Waals surface area contributed by atoms with E-state index in [0.29, 0.717) is 10.8 Å². The standard InChI is InChI=1S/C18H21Cl2NO2/c1-13(22)12-23-18-10-15(5-6-17(18)20)11-21-8-7-14-3-2-4-16(19)9-14/h2-6,9-10,13,21-22H,7-8,11-12H2,1H3. The molecule has 0 spiro atoms. The summed E-state index contributed by atoms with van der Waals surface area (Å²) >= 11 is 12.1. The molecule has 0 saturated heterocycles. The lowest BCUT2D eigenvalue weighted by molar-refractivity contribution is 0.123. The SMILES string of the molecule is CC(O)COc1cc(CNCCc2cccc(Cl)c2)ccc1Cl. The maximum Gasteiger partial charge on any atom is 0.138 e. The van der Waals surface area contributed by atoms with Crippen LogP contribution in [0.3, 0.4) is 0 Å². The lowest BCUT2D eigenvalue weighted by Gasteiger charge is -2.12. The minimum atomic E-state index is -0.523. The van der Waals surface area contributed by atoms with E-state index in [1.807, 2.05) is 36.4 Å². The Morgan fingerprint density at radius 3 is 2.70 bits per heavy atom. The molecule has 0 radical (unpaired) electrons. The van der Waals surface area contributed by atoms with Crippen molar-refractivity contribution in [3.63, 3.8) is 0 Å². The van der Waals surface area contributed by atoms with Gasteiger partial charge >= 0.3 is 0 Å². The largest absolute Gasteiger partial charge is 0.489 e. The Morgan fingerprint density at radius 2 is 1.96 bits per heavy atom. The highest BCUT2D eigenvalue weighted by atomic mass is 35.5. The van der Waals surface area contributed by atoms with Gasteiger partial charge in [0.25, 0.3) is 0 Å². The molecule has 1 unspecified atom stereocenters. The van der Waals surface area contributed by atoms with Crippen LogP contribution in [0, 0.1) is 0 Å². The van der Waals surface area contributed by atoms with Gasteiger partial charge in [0.2, 0.25) is 0 Å². The molecule has 0 aliphatic rings. The highest BCUT2D eigenvalue weighted by Gasteiger charge is 2.05. The van der Waals surface area contributed by atoms with Gasteiger partial charge in [-0.2, -0.15) is 0 Å². The number of nitrogens with one attached hydrogen (secondary N) is 1. The van der Waals surface area contributed by atoms with Crippen LogP contribution in [0.15, 0.2) is 42.5 Å². The Morgan fingerprint density at radius 1 is 1.13 bits per heavy atom. The molecular formula is C18H21Cl2NO2. The first-order valence-electron chi connectivity index (χ1n) is 7.59. The van der Waals surface area contributed by atoms with Crippen molar-refractivity contribution in [1.29, 1.82) is 0 Å². The van der Waals surface area contributed by atoms with Crippen LogP contribution < -0.4 is 10.1 Å². The molecule has 0 bridgehead atoms. The molecule has 3 nitrogen and oxygen atoms in total. The smallest absolute Gasteiger partial charge is 0.138 e. The summed E-state index contributed by atoms with van der Waals surface area (Å²) in [5.74, 6) is 0.599. The third-order valence-electron chi connectivity index (χ3n) is 3.28. The second kappa shape index (κ2) is 9.14. The van der Waals surface area contributed by atoms with Crippen molar-refractivity contribution < 1.29 is 9.84 Å². The van der Waals surface area contributed by atoms with Crippen molar-refractivity contribution in [3.05, 3.63) is 63.6 Å². The van der Waals surface area contributed by atoms with E-state index in [9.17, 15) is 5.11 Å². The Kier molecular flexibility index (Phi) is 7.18. The van der Waals surface area contributed by atoms with E-state index < -0.39 is 6.10 Å². The van der Waals surface area contributed by atoms with Gasteiger partial charge in [0, 0.05) is 11.6 Å². The van der Waals surface area contributed by atoms with Crippen molar-refractivity contribution in [2.24, 2.45) is 0 Å². The number of aliphatic hydroxyl groups is 1. The Hall–Kier alpha value is -1.26. The number of aliphatic hydroxyl groups excluding tert-OH is 1. The third kappa shape index (κ3) is 6.40. The maximum atomic E-state index is 9.29. The van der Waals surface area contributed by atoms with Crippen LogP contribution in [0.4, 0.5) is 0 Å². The number of hydrogen-bond donors (Lipinski definition) is 2. The molecule has 2 N–H and O–H groups in total. The van der Waals surface area contributed by atoms with E-state index in [4.69, 9.17) is 27.9 Å². The number of hydrogen-bond acceptors (Lipinski definition) is 3. The van der Waals surface area contributed by atoms with Crippen molar-refractivity contribution in [3.8, 4) is 5.75 Å². The van der Waals surface area contributed by atoms with Gasteiger partial charge in [-0.05, 0) is 55.3 Å². The van der Waals surface area contributed by atoms with Gasteiger partial charge in [0.05, 0.1) is 11.1 Å². The van der Waals surface area contributed by atoms with E-state index in [0.717, 1.165) is 30.1 Å². The second-order valence-electron chi connectivity index (χ2n) is 5.48. The normalized spacial score (nSPS) is 12.2. The molecule has 1 atom stereocenters.